The summed E-state index contributed by atoms with van der Waals surface area (Å²) in [7, 11) is 0. The molecule has 8 heteroatoms. The second-order valence-electron chi connectivity index (χ2n) is 9.78. The number of nitrogens with zero attached hydrogens (tertiary/aromatic N) is 4. The zero-order valence-electron chi connectivity index (χ0n) is 18.3. The summed E-state index contributed by atoms with van der Waals surface area (Å²) in [5.41, 5.74) is 1.60. The van der Waals surface area contributed by atoms with E-state index in [9.17, 15) is 4.39 Å². The third-order valence-corrected chi connectivity index (χ3v) is 8.81. The van der Waals surface area contributed by atoms with Crippen molar-refractivity contribution in [2.45, 2.75) is 50.5 Å². The van der Waals surface area contributed by atoms with Gasteiger partial charge in [-0.25, -0.2) is 14.4 Å². The Hall–Kier alpha value is -1.63. The Balaban J connectivity index is 1.11. The molecule has 0 amide bonds. The maximum atomic E-state index is 13.1. The van der Waals surface area contributed by atoms with Crippen molar-refractivity contribution in [3.8, 4) is 0 Å². The van der Waals surface area contributed by atoms with Gasteiger partial charge < -0.3 is 10.2 Å². The summed E-state index contributed by atoms with van der Waals surface area (Å²) in [6.45, 7) is 5.26. The van der Waals surface area contributed by atoms with Crippen molar-refractivity contribution >= 4 is 34.8 Å². The van der Waals surface area contributed by atoms with Crippen molar-refractivity contribution in [2.75, 3.05) is 42.9 Å². The number of aromatic nitrogens is 2. The van der Waals surface area contributed by atoms with E-state index in [-0.39, 0.29) is 5.54 Å². The fourth-order valence-electron chi connectivity index (χ4n) is 5.78. The van der Waals surface area contributed by atoms with Gasteiger partial charge >= 0.3 is 0 Å². The van der Waals surface area contributed by atoms with Gasteiger partial charge in [-0.15, -0.1) is 0 Å². The fraction of sp³-hybridized carbons (Fsp3) is 0.583. The van der Waals surface area contributed by atoms with E-state index in [0.717, 1.165) is 51.1 Å². The molecule has 4 fully saturated rings. The van der Waals surface area contributed by atoms with Gasteiger partial charge in [-0.05, 0) is 69.0 Å². The molecule has 0 spiro atoms. The first-order chi connectivity index (χ1) is 15.5. The van der Waals surface area contributed by atoms with E-state index in [1.54, 1.807) is 0 Å². The molecule has 32 heavy (non-hydrogen) atoms. The van der Waals surface area contributed by atoms with Crippen LogP contribution in [0.2, 0.25) is 10.0 Å². The first-order valence-electron chi connectivity index (χ1n) is 11.6. The molecule has 1 N–H and O–H groups in total. The van der Waals surface area contributed by atoms with Crippen LogP contribution in [0.25, 0.3) is 0 Å². The Kier molecular flexibility index (Phi) is 6.21. The molecule has 1 aromatic heterocycles. The third-order valence-electron chi connectivity index (χ3n) is 8.00. The zero-order chi connectivity index (χ0) is 22.2. The van der Waals surface area contributed by atoms with Gasteiger partial charge in [0, 0.05) is 31.7 Å². The lowest BCUT2D eigenvalue weighted by molar-refractivity contribution is 0.0365. The van der Waals surface area contributed by atoms with Crippen molar-refractivity contribution in [1.29, 1.82) is 0 Å². The van der Waals surface area contributed by atoms with Crippen LogP contribution in [-0.4, -0.2) is 53.1 Å². The Morgan fingerprint density at radius 3 is 2.25 bits per heavy atom. The molecule has 172 valence electrons. The highest BCUT2D eigenvalue weighted by atomic mass is 35.5. The molecule has 4 aliphatic rings. The molecule has 2 heterocycles. The number of anilines is 2. The van der Waals surface area contributed by atoms with Crippen molar-refractivity contribution in [1.82, 2.24) is 14.9 Å². The second kappa shape index (κ2) is 8.96. The van der Waals surface area contributed by atoms with Gasteiger partial charge in [0.2, 0.25) is 5.95 Å². The fourth-order valence-corrected chi connectivity index (χ4v) is 6.20. The van der Waals surface area contributed by atoms with Gasteiger partial charge in [-0.1, -0.05) is 29.3 Å². The molecule has 1 aromatic carbocycles. The number of nitrogens with one attached hydrogen (secondary N) is 1. The summed E-state index contributed by atoms with van der Waals surface area (Å²) in [6, 6.07) is 5.87. The van der Waals surface area contributed by atoms with E-state index in [0.29, 0.717) is 21.4 Å². The lowest BCUT2D eigenvalue weighted by Gasteiger charge is -2.54. The number of hydrogen-bond acceptors (Lipinski definition) is 5. The van der Waals surface area contributed by atoms with Crippen LogP contribution in [-0.2, 0) is 0 Å². The van der Waals surface area contributed by atoms with Crippen molar-refractivity contribution < 1.29 is 4.39 Å². The summed E-state index contributed by atoms with van der Waals surface area (Å²) in [5.74, 6) is 0.161. The van der Waals surface area contributed by atoms with E-state index >= 15 is 0 Å². The Bertz CT molecular complexity index is 921. The number of rotatable bonds is 6. The SMILES string of the molecule is Fc1cnc(NC23CCC(CCN4CCN(c5cccc(Cl)c5Cl)CC4)(CC2)CC3)nc1. The first kappa shape index (κ1) is 22.2. The van der Waals surface area contributed by atoms with Gasteiger partial charge in [-0.2, -0.15) is 0 Å². The molecular formula is C24H30Cl2FN5. The average molecular weight is 478 g/mol. The molecule has 5 nitrogen and oxygen atoms in total. The van der Waals surface area contributed by atoms with Crippen molar-refractivity contribution in [3.63, 3.8) is 0 Å². The first-order valence-corrected chi connectivity index (χ1v) is 12.4. The molecule has 0 unspecified atom stereocenters. The molecule has 2 aromatic rings. The van der Waals surface area contributed by atoms with Gasteiger partial charge in [0.15, 0.2) is 5.82 Å². The zero-order valence-corrected chi connectivity index (χ0v) is 19.8. The van der Waals surface area contributed by atoms with E-state index in [4.69, 9.17) is 23.2 Å². The molecule has 6 rings (SSSR count). The summed E-state index contributed by atoms with van der Waals surface area (Å²) in [5, 5.41) is 4.82. The standard InChI is InChI=1S/C24H30Cl2FN5/c25-19-2-1-3-20(21(19)26)32-14-12-31(13-15-32)11-10-23-4-7-24(8-5-23,9-6-23)30-22-28-16-18(27)17-29-22/h1-3,16-17H,4-15H2,(H,28,29,30). The lowest BCUT2D eigenvalue weighted by Crippen LogP contribution is -2.52. The maximum Gasteiger partial charge on any atom is 0.223 e. The van der Waals surface area contributed by atoms with Crippen LogP contribution < -0.4 is 10.2 Å². The minimum Gasteiger partial charge on any atom is -0.368 e. The third kappa shape index (κ3) is 4.55. The predicted octanol–water partition coefficient (Wildman–Crippen LogP) is 5.64. The smallest absolute Gasteiger partial charge is 0.223 e. The monoisotopic (exact) mass is 477 g/mol. The molecule has 0 radical (unpaired) electrons. The van der Waals surface area contributed by atoms with Gasteiger partial charge in [0.05, 0.1) is 28.1 Å². The molecule has 3 aliphatic carbocycles. The highest BCUT2D eigenvalue weighted by Crippen LogP contribution is 2.55. The molecular weight excluding hydrogens is 448 g/mol. The molecule has 1 aliphatic heterocycles. The lowest BCUT2D eigenvalue weighted by atomic mass is 9.56. The summed E-state index contributed by atoms with van der Waals surface area (Å²) in [4.78, 5) is 13.2. The largest absolute Gasteiger partial charge is 0.368 e. The molecule has 1 saturated heterocycles. The van der Waals surface area contributed by atoms with E-state index < -0.39 is 5.82 Å². The number of halogens is 3. The topological polar surface area (TPSA) is 44.3 Å². The number of fused-ring (bicyclic) bond motifs is 3. The van der Waals surface area contributed by atoms with Crippen LogP contribution in [0.15, 0.2) is 30.6 Å². The molecule has 3 saturated carbocycles. The number of hydrogen-bond donors (Lipinski definition) is 1. The highest BCUT2D eigenvalue weighted by Gasteiger charge is 2.48. The van der Waals surface area contributed by atoms with Crippen molar-refractivity contribution in [3.05, 3.63) is 46.5 Å². The Morgan fingerprint density at radius 1 is 0.938 bits per heavy atom. The Labute approximate surface area is 199 Å². The average Bonchev–Trinajstić information content (AvgIpc) is 2.83. The summed E-state index contributed by atoms with van der Waals surface area (Å²) < 4.78 is 13.1. The van der Waals surface area contributed by atoms with Crippen LogP contribution in [0.4, 0.5) is 16.0 Å². The summed E-state index contributed by atoms with van der Waals surface area (Å²) in [6.07, 6.45) is 10.9. The minimum atomic E-state index is -0.393. The van der Waals surface area contributed by atoms with Crippen LogP contribution >= 0.6 is 23.2 Å². The molecule has 0 atom stereocenters. The quantitative estimate of drug-likeness (QED) is 0.582. The number of benzene rings is 1. The van der Waals surface area contributed by atoms with Crippen LogP contribution in [0, 0.1) is 11.2 Å². The van der Waals surface area contributed by atoms with E-state index in [2.05, 4.69) is 31.2 Å². The predicted molar refractivity (Wildman–Crippen MR) is 128 cm³/mol. The number of piperazine rings is 1. The van der Waals surface area contributed by atoms with Gasteiger partial charge in [-0.3, -0.25) is 4.90 Å². The summed E-state index contributed by atoms with van der Waals surface area (Å²) >= 11 is 12.6. The van der Waals surface area contributed by atoms with E-state index in [1.807, 2.05) is 12.1 Å². The van der Waals surface area contributed by atoms with Crippen LogP contribution in [0.3, 0.4) is 0 Å². The highest BCUT2D eigenvalue weighted by molar-refractivity contribution is 6.43. The van der Waals surface area contributed by atoms with Gasteiger partial charge in [0.1, 0.15) is 0 Å². The maximum absolute atomic E-state index is 13.1. The normalized spacial score (nSPS) is 28.2. The molecule has 2 bridgehead atoms. The van der Waals surface area contributed by atoms with Crippen LogP contribution in [0.1, 0.15) is 44.9 Å². The second-order valence-corrected chi connectivity index (χ2v) is 10.6. The van der Waals surface area contributed by atoms with Crippen molar-refractivity contribution in [2.24, 2.45) is 5.41 Å². The minimum absolute atomic E-state index is 0.0848. The van der Waals surface area contributed by atoms with Gasteiger partial charge in [0.25, 0.3) is 0 Å². The van der Waals surface area contributed by atoms with Crippen LogP contribution in [0.5, 0.6) is 0 Å². The van der Waals surface area contributed by atoms with E-state index in [1.165, 1.54) is 44.6 Å². The Morgan fingerprint density at radius 2 is 1.59 bits per heavy atom.